The van der Waals surface area contributed by atoms with Gasteiger partial charge in [0.15, 0.2) is 0 Å². The molecule has 0 radical (unpaired) electrons. The van der Waals surface area contributed by atoms with Crippen molar-refractivity contribution < 1.29 is 0 Å². The summed E-state index contributed by atoms with van der Waals surface area (Å²) in [5, 5.41) is 15.3. The summed E-state index contributed by atoms with van der Waals surface area (Å²) < 4.78 is 0. The van der Waals surface area contributed by atoms with Gasteiger partial charge in [0.1, 0.15) is 10.9 Å². The number of thiophene rings is 1. The van der Waals surface area contributed by atoms with E-state index in [4.69, 9.17) is 0 Å². The molecule has 0 saturated heterocycles. The SMILES string of the molecule is CN(C)CCc1cccc(-c2cc3c(Nc4ccc5[nH]ccc5c4)c(C#N)cnc3s2)c1. The first-order chi connectivity index (χ1) is 15.6. The normalized spacial score (nSPS) is 11.3. The van der Waals surface area contributed by atoms with E-state index < -0.39 is 0 Å². The molecule has 6 heteroatoms. The minimum absolute atomic E-state index is 0.538. The number of hydrogen-bond acceptors (Lipinski definition) is 5. The second-order valence-electron chi connectivity index (χ2n) is 8.15. The number of aromatic amines is 1. The van der Waals surface area contributed by atoms with Crippen molar-refractivity contribution in [2.24, 2.45) is 0 Å². The van der Waals surface area contributed by atoms with Gasteiger partial charge in [-0.3, -0.25) is 0 Å². The van der Waals surface area contributed by atoms with Crippen LogP contribution in [0.15, 0.2) is 67.0 Å². The molecule has 0 unspecified atom stereocenters. The van der Waals surface area contributed by atoms with E-state index >= 15 is 0 Å². The number of fused-ring (bicyclic) bond motifs is 2. The Morgan fingerprint density at radius 1 is 1.12 bits per heavy atom. The van der Waals surface area contributed by atoms with Gasteiger partial charge in [0, 0.05) is 45.8 Å². The zero-order valence-corrected chi connectivity index (χ0v) is 18.8. The fourth-order valence-electron chi connectivity index (χ4n) is 3.86. The summed E-state index contributed by atoms with van der Waals surface area (Å²) in [6, 6.07) is 21.3. The molecule has 0 bridgehead atoms. The molecule has 158 valence electrons. The van der Waals surface area contributed by atoms with E-state index in [2.05, 4.69) is 76.7 Å². The van der Waals surface area contributed by atoms with E-state index in [1.807, 2.05) is 24.4 Å². The molecule has 0 aliphatic carbocycles. The van der Waals surface area contributed by atoms with E-state index in [1.54, 1.807) is 17.5 Å². The van der Waals surface area contributed by atoms with Crippen molar-refractivity contribution in [3.63, 3.8) is 0 Å². The summed E-state index contributed by atoms with van der Waals surface area (Å²) in [5.41, 5.74) is 5.87. The van der Waals surface area contributed by atoms with Crippen LogP contribution in [0.25, 0.3) is 31.6 Å². The minimum Gasteiger partial charge on any atom is -0.361 e. The monoisotopic (exact) mass is 437 g/mol. The zero-order valence-electron chi connectivity index (χ0n) is 18.0. The number of nitrogens with zero attached hydrogens (tertiary/aromatic N) is 3. The molecule has 0 aliphatic heterocycles. The lowest BCUT2D eigenvalue weighted by atomic mass is 10.1. The number of benzene rings is 2. The van der Waals surface area contributed by atoms with Gasteiger partial charge in [-0.25, -0.2) is 4.98 Å². The van der Waals surface area contributed by atoms with E-state index in [-0.39, 0.29) is 0 Å². The highest BCUT2D eigenvalue weighted by atomic mass is 32.1. The van der Waals surface area contributed by atoms with Crippen LogP contribution in [0.1, 0.15) is 11.1 Å². The molecular weight excluding hydrogens is 414 g/mol. The first-order valence-electron chi connectivity index (χ1n) is 10.5. The molecule has 0 amide bonds. The Kier molecular flexibility index (Phi) is 5.36. The summed E-state index contributed by atoms with van der Waals surface area (Å²) >= 11 is 1.66. The van der Waals surface area contributed by atoms with Crippen LogP contribution in [0.2, 0.25) is 0 Å². The van der Waals surface area contributed by atoms with Crippen LogP contribution in [-0.2, 0) is 6.42 Å². The summed E-state index contributed by atoms with van der Waals surface area (Å²) in [7, 11) is 4.19. The highest BCUT2D eigenvalue weighted by Gasteiger charge is 2.14. The fourth-order valence-corrected chi connectivity index (χ4v) is 4.87. The van der Waals surface area contributed by atoms with Crippen LogP contribution >= 0.6 is 11.3 Å². The van der Waals surface area contributed by atoms with Gasteiger partial charge >= 0.3 is 0 Å². The van der Waals surface area contributed by atoms with Crippen LogP contribution in [0.5, 0.6) is 0 Å². The van der Waals surface area contributed by atoms with Crippen LogP contribution in [0.4, 0.5) is 11.4 Å². The summed E-state index contributed by atoms with van der Waals surface area (Å²) in [6.07, 6.45) is 4.60. The Morgan fingerprint density at radius 2 is 2.03 bits per heavy atom. The van der Waals surface area contributed by atoms with Crippen molar-refractivity contribution in [2.45, 2.75) is 6.42 Å². The third-order valence-electron chi connectivity index (χ3n) is 5.56. The number of pyridine rings is 1. The van der Waals surface area contributed by atoms with Gasteiger partial charge in [-0.1, -0.05) is 24.3 Å². The van der Waals surface area contributed by atoms with Crippen molar-refractivity contribution >= 4 is 43.8 Å². The van der Waals surface area contributed by atoms with Crippen molar-refractivity contribution in [3.05, 3.63) is 78.1 Å². The molecule has 0 spiro atoms. The van der Waals surface area contributed by atoms with Gasteiger partial charge < -0.3 is 15.2 Å². The van der Waals surface area contributed by atoms with E-state index in [0.717, 1.165) is 50.3 Å². The number of nitrogens with one attached hydrogen (secondary N) is 2. The second kappa shape index (κ2) is 8.46. The fraction of sp³-hybridized carbons (Fsp3) is 0.154. The van der Waals surface area contributed by atoms with Gasteiger partial charge in [0.2, 0.25) is 0 Å². The lowest BCUT2D eigenvalue weighted by Crippen LogP contribution is -2.14. The number of anilines is 2. The molecule has 0 fully saturated rings. The van der Waals surface area contributed by atoms with E-state index in [0.29, 0.717) is 5.56 Å². The maximum absolute atomic E-state index is 9.72. The van der Waals surface area contributed by atoms with Gasteiger partial charge in [-0.15, -0.1) is 11.3 Å². The van der Waals surface area contributed by atoms with Crippen molar-refractivity contribution in [1.29, 1.82) is 5.26 Å². The molecular formula is C26H23N5S. The Labute approximate surface area is 191 Å². The minimum atomic E-state index is 0.538. The molecule has 2 aromatic carbocycles. The Balaban J connectivity index is 1.54. The van der Waals surface area contributed by atoms with Crippen LogP contribution in [0, 0.1) is 11.3 Å². The Hall–Kier alpha value is -3.66. The quantitative estimate of drug-likeness (QED) is 0.334. The first-order valence-corrected chi connectivity index (χ1v) is 11.3. The number of aromatic nitrogens is 2. The third kappa shape index (κ3) is 3.96. The molecule has 3 aromatic heterocycles. The molecule has 32 heavy (non-hydrogen) atoms. The van der Waals surface area contributed by atoms with Crippen molar-refractivity contribution in [1.82, 2.24) is 14.9 Å². The van der Waals surface area contributed by atoms with Gasteiger partial charge in [-0.05, 0) is 62.0 Å². The average molecular weight is 438 g/mol. The predicted octanol–water partition coefficient (Wildman–Crippen LogP) is 6.16. The van der Waals surface area contributed by atoms with Crippen molar-refractivity contribution in [3.8, 4) is 16.5 Å². The lowest BCUT2D eigenvalue weighted by Gasteiger charge is -2.10. The first kappa shape index (κ1) is 20.3. The summed E-state index contributed by atoms with van der Waals surface area (Å²) in [6.45, 7) is 1.02. The summed E-state index contributed by atoms with van der Waals surface area (Å²) in [5.74, 6) is 0. The number of nitriles is 1. The Morgan fingerprint density at radius 3 is 2.88 bits per heavy atom. The van der Waals surface area contributed by atoms with Crippen LogP contribution in [0.3, 0.4) is 0 Å². The topological polar surface area (TPSA) is 67.7 Å². The molecule has 5 nitrogen and oxygen atoms in total. The number of H-pyrrole nitrogens is 1. The second-order valence-corrected chi connectivity index (χ2v) is 9.18. The number of likely N-dealkylation sites (N-methyl/N-ethyl adjacent to an activating group) is 1. The Bertz CT molecular complexity index is 1450. The van der Waals surface area contributed by atoms with Gasteiger partial charge in [0.25, 0.3) is 0 Å². The average Bonchev–Trinajstić information content (AvgIpc) is 3.45. The molecule has 5 rings (SSSR count). The van der Waals surface area contributed by atoms with Crippen LogP contribution in [-0.4, -0.2) is 35.5 Å². The molecule has 0 atom stereocenters. The van der Waals surface area contributed by atoms with Crippen molar-refractivity contribution in [2.75, 3.05) is 26.0 Å². The molecule has 5 aromatic rings. The maximum atomic E-state index is 9.72. The van der Waals surface area contributed by atoms with Crippen LogP contribution < -0.4 is 5.32 Å². The molecule has 3 heterocycles. The van der Waals surface area contributed by atoms with E-state index in [9.17, 15) is 5.26 Å². The number of hydrogen-bond donors (Lipinski definition) is 2. The maximum Gasteiger partial charge on any atom is 0.126 e. The standard InChI is InChI=1S/C26H23N5S/c1-31(2)11-9-17-4-3-5-19(12-17)24-14-22-25(20(15-27)16-29-26(22)32-24)30-21-6-7-23-18(13-21)8-10-28-23/h3-8,10,12-14,16,28H,9,11H2,1-2H3,(H,29,30). The zero-order chi connectivity index (χ0) is 22.1. The molecule has 0 saturated carbocycles. The largest absolute Gasteiger partial charge is 0.361 e. The third-order valence-corrected chi connectivity index (χ3v) is 6.66. The highest BCUT2D eigenvalue weighted by Crippen LogP contribution is 2.38. The molecule has 2 N–H and O–H groups in total. The lowest BCUT2D eigenvalue weighted by molar-refractivity contribution is 0.413. The predicted molar refractivity (Wildman–Crippen MR) is 134 cm³/mol. The van der Waals surface area contributed by atoms with Gasteiger partial charge in [0.05, 0.1) is 11.3 Å². The van der Waals surface area contributed by atoms with E-state index in [1.165, 1.54) is 11.1 Å². The number of rotatable bonds is 6. The smallest absolute Gasteiger partial charge is 0.126 e. The summed E-state index contributed by atoms with van der Waals surface area (Å²) in [4.78, 5) is 12.0. The molecule has 0 aliphatic rings. The van der Waals surface area contributed by atoms with Gasteiger partial charge in [-0.2, -0.15) is 5.26 Å². The highest BCUT2D eigenvalue weighted by molar-refractivity contribution is 7.22.